The van der Waals surface area contributed by atoms with Crippen LogP contribution in [-0.2, 0) is 14.3 Å². The van der Waals surface area contributed by atoms with Crippen LogP contribution < -0.4 is 0 Å². The Hall–Kier alpha value is -0.610. The van der Waals surface area contributed by atoms with Gasteiger partial charge in [-0.25, -0.2) is 0 Å². The molecule has 1 aliphatic carbocycles. The number of hydrogen-bond acceptors (Lipinski definition) is 3. The summed E-state index contributed by atoms with van der Waals surface area (Å²) in [4.78, 5) is 10.9. The highest BCUT2D eigenvalue weighted by atomic mass is 16.7. The first-order valence-electron chi connectivity index (χ1n) is 3.96. The Morgan fingerprint density at radius 1 is 1.42 bits per heavy atom. The Kier molecular flexibility index (Phi) is 2.69. The fourth-order valence-electron chi connectivity index (χ4n) is 1.66. The highest BCUT2D eigenvalue weighted by molar-refractivity contribution is 5.76. The van der Waals surface area contributed by atoms with E-state index in [1.165, 1.54) is 14.2 Å². The van der Waals surface area contributed by atoms with Gasteiger partial charge in [0.15, 0.2) is 6.29 Å². The van der Waals surface area contributed by atoms with Gasteiger partial charge in [-0.05, 0) is 12.8 Å². The van der Waals surface area contributed by atoms with Crippen molar-refractivity contribution in [1.29, 1.82) is 0 Å². The zero-order valence-electron chi connectivity index (χ0n) is 7.37. The highest BCUT2D eigenvalue weighted by Crippen LogP contribution is 2.45. The molecule has 1 N–H and O–H groups in total. The molecule has 0 spiro atoms. The van der Waals surface area contributed by atoms with Gasteiger partial charge < -0.3 is 14.6 Å². The quantitative estimate of drug-likeness (QED) is 0.642. The molecule has 0 aromatic rings. The second-order valence-electron chi connectivity index (χ2n) is 3.12. The lowest BCUT2D eigenvalue weighted by Gasteiger charge is -2.41. The molecule has 12 heavy (non-hydrogen) atoms. The Balaban J connectivity index is 2.71. The minimum Gasteiger partial charge on any atom is -0.481 e. The number of carboxylic acid groups (broad SMARTS) is 1. The maximum atomic E-state index is 10.9. The van der Waals surface area contributed by atoms with Crippen molar-refractivity contribution in [3.8, 4) is 0 Å². The average molecular weight is 174 g/mol. The van der Waals surface area contributed by atoms with Gasteiger partial charge in [0, 0.05) is 14.2 Å². The van der Waals surface area contributed by atoms with Crippen molar-refractivity contribution in [3.05, 3.63) is 0 Å². The normalized spacial score (nSPS) is 20.6. The number of methoxy groups -OCH3 is 2. The third kappa shape index (κ3) is 1.21. The molecule has 70 valence electrons. The van der Waals surface area contributed by atoms with Crippen molar-refractivity contribution < 1.29 is 19.4 Å². The molecule has 0 aliphatic heterocycles. The van der Waals surface area contributed by atoms with Crippen LogP contribution in [0.3, 0.4) is 0 Å². The molecular weight excluding hydrogens is 160 g/mol. The molecule has 4 nitrogen and oxygen atoms in total. The predicted molar refractivity (Wildman–Crippen MR) is 41.7 cm³/mol. The predicted octanol–water partition coefficient (Wildman–Crippen LogP) is 0.860. The van der Waals surface area contributed by atoms with Gasteiger partial charge in [0.25, 0.3) is 0 Å². The second-order valence-corrected chi connectivity index (χ2v) is 3.12. The summed E-state index contributed by atoms with van der Waals surface area (Å²) >= 11 is 0. The summed E-state index contributed by atoms with van der Waals surface area (Å²) in [6.07, 6.45) is 1.63. The molecule has 0 saturated heterocycles. The van der Waals surface area contributed by atoms with Gasteiger partial charge in [-0.3, -0.25) is 4.79 Å². The molecule has 0 amide bonds. The van der Waals surface area contributed by atoms with Crippen molar-refractivity contribution in [2.24, 2.45) is 5.41 Å². The molecule has 0 atom stereocenters. The van der Waals surface area contributed by atoms with Gasteiger partial charge in [0.05, 0.1) is 0 Å². The first-order chi connectivity index (χ1) is 5.67. The van der Waals surface area contributed by atoms with Crippen LogP contribution in [0.1, 0.15) is 19.3 Å². The van der Waals surface area contributed by atoms with Crippen molar-refractivity contribution in [2.75, 3.05) is 14.2 Å². The number of carbonyl (C=O) groups is 1. The van der Waals surface area contributed by atoms with Crippen molar-refractivity contribution in [2.45, 2.75) is 25.6 Å². The monoisotopic (exact) mass is 174 g/mol. The fraction of sp³-hybridized carbons (Fsp3) is 0.875. The molecule has 0 bridgehead atoms. The maximum absolute atomic E-state index is 10.9. The van der Waals surface area contributed by atoms with E-state index in [4.69, 9.17) is 14.6 Å². The highest BCUT2D eigenvalue weighted by Gasteiger charge is 2.51. The van der Waals surface area contributed by atoms with Crippen LogP contribution in [0.5, 0.6) is 0 Å². The average Bonchev–Trinajstić information content (AvgIpc) is 1.95. The Morgan fingerprint density at radius 3 is 2.00 bits per heavy atom. The summed E-state index contributed by atoms with van der Waals surface area (Å²) in [5.41, 5.74) is -0.788. The van der Waals surface area contributed by atoms with E-state index in [-0.39, 0.29) is 0 Å². The van der Waals surface area contributed by atoms with Crippen molar-refractivity contribution in [3.63, 3.8) is 0 Å². The lowest BCUT2D eigenvalue weighted by Crippen LogP contribution is -2.49. The molecule has 0 aromatic heterocycles. The summed E-state index contributed by atoms with van der Waals surface area (Å²) in [5, 5.41) is 8.96. The second kappa shape index (κ2) is 3.41. The first-order valence-corrected chi connectivity index (χ1v) is 3.96. The third-order valence-corrected chi connectivity index (χ3v) is 2.55. The van der Waals surface area contributed by atoms with Gasteiger partial charge in [-0.1, -0.05) is 6.42 Å². The van der Waals surface area contributed by atoms with Gasteiger partial charge >= 0.3 is 5.97 Å². The molecule has 1 aliphatic rings. The van der Waals surface area contributed by atoms with E-state index in [1.807, 2.05) is 0 Å². The van der Waals surface area contributed by atoms with Crippen molar-refractivity contribution >= 4 is 5.97 Å². The number of rotatable bonds is 4. The molecule has 1 rings (SSSR count). The van der Waals surface area contributed by atoms with E-state index in [9.17, 15) is 4.79 Å². The van der Waals surface area contributed by atoms with Crippen molar-refractivity contribution in [1.82, 2.24) is 0 Å². The van der Waals surface area contributed by atoms with Crippen LogP contribution in [0, 0.1) is 5.41 Å². The minimum absolute atomic E-state index is 0.608. The van der Waals surface area contributed by atoms with E-state index >= 15 is 0 Å². The number of aliphatic carboxylic acids is 1. The van der Waals surface area contributed by atoms with E-state index in [0.717, 1.165) is 6.42 Å². The van der Waals surface area contributed by atoms with Gasteiger partial charge in [-0.15, -0.1) is 0 Å². The summed E-state index contributed by atoms with van der Waals surface area (Å²) < 4.78 is 9.93. The number of carboxylic acids is 1. The summed E-state index contributed by atoms with van der Waals surface area (Å²) in [6.45, 7) is 0. The van der Waals surface area contributed by atoms with E-state index in [1.54, 1.807) is 0 Å². The molecule has 1 saturated carbocycles. The number of ether oxygens (including phenoxy) is 2. The largest absolute Gasteiger partial charge is 0.481 e. The van der Waals surface area contributed by atoms with Gasteiger partial charge in [0.2, 0.25) is 0 Å². The topological polar surface area (TPSA) is 55.8 Å². The molecular formula is C8H14O4. The standard InChI is InChI=1S/C8H14O4/c1-11-7(12-2)8(6(9)10)4-3-5-8/h7H,3-5H2,1-2H3,(H,9,10). The molecule has 4 heteroatoms. The van der Waals surface area contributed by atoms with E-state index in [0.29, 0.717) is 12.8 Å². The lowest BCUT2D eigenvalue weighted by molar-refractivity contribution is -0.217. The van der Waals surface area contributed by atoms with E-state index < -0.39 is 17.7 Å². The van der Waals surface area contributed by atoms with E-state index in [2.05, 4.69) is 0 Å². The van der Waals surface area contributed by atoms with Gasteiger partial charge in [0.1, 0.15) is 5.41 Å². The zero-order chi connectivity index (χ0) is 9.19. The summed E-state index contributed by atoms with van der Waals surface area (Å²) in [6, 6.07) is 0. The molecule has 1 fully saturated rings. The van der Waals surface area contributed by atoms with Crippen LogP contribution in [0.4, 0.5) is 0 Å². The molecule has 0 heterocycles. The molecule has 0 aromatic carbocycles. The molecule has 0 unspecified atom stereocenters. The third-order valence-electron chi connectivity index (χ3n) is 2.55. The zero-order valence-corrected chi connectivity index (χ0v) is 7.37. The Labute approximate surface area is 71.5 Å². The fourth-order valence-corrected chi connectivity index (χ4v) is 1.66. The summed E-state index contributed by atoms with van der Waals surface area (Å²) in [5.74, 6) is -0.817. The van der Waals surface area contributed by atoms with Crippen LogP contribution in [0.2, 0.25) is 0 Å². The van der Waals surface area contributed by atoms with Crippen LogP contribution in [-0.4, -0.2) is 31.6 Å². The SMILES string of the molecule is COC(OC)C1(C(=O)O)CCC1. The Bertz CT molecular complexity index is 170. The van der Waals surface area contributed by atoms with Gasteiger partial charge in [-0.2, -0.15) is 0 Å². The first kappa shape index (κ1) is 9.48. The minimum atomic E-state index is -0.817. The van der Waals surface area contributed by atoms with Crippen LogP contribution in [0.15, 0.2) is 0 Å². The number of hydrogen-bond donors (Lipinski definition) is 1. The van der Waals surface area contributed by atoms with Crippen LogP contribution in [0.25, 0.3) is 0 Å². The lowest BCUT2D eigenvalue weighted by atomic mass is 9.68. The smallest absolute Gasteiger partial charge is 0.314 e. The Morgan fingerprint density at radius 2 is 1.92 bits per heavy atom. The summed E-state index contributed by atoms with van der Waals surface area (Å²) in [7, 11) is 2.94. The van der Waals surface area contributed by atoms with Crippen LogP contribution >= 0.6 is 0 Å². The maximum Gasteiger partial charge on any atom is 0.314 e. The molecule has 0 radical (unpaired) electrons.